The number of nitrogens with zero attached hydrogens (tertiary/aromatic N) is 1. The maximum absolute atomic E-state index is 12.7. The number of sulfonamides is 1. The van der Waals surface area contributed by atoms with Crippen LogP contribution in [-0.4, -0.2) is 25.8 Å². The van der Waals surface area contributed by atoms with Gasteiger partial charge in [0, 0.05) is 19.1 Å². The molecule has 1 atom stereocenters. The minimum Gasteiger partial charge on any atom is -0.300 e. The molecule has 0 heterocycles. The van der Waals surface area contributed by atoms with Crippen LogP contribution >= 0.6 is 0 Å². The minimum atomic E-state index is -3.43. The van der Waals surface area contributed by atoms with Gasteiger partial charge in [0.1, 0.15) is 0 Å². The van der Waals surface area contributed by atoms with Crippen LogP contribution in [0.2, 0.25) is 0 Å². The highest BCUT2D eigenvalue weighted by molar-refractivity contribution is 7.89. The average Bonchev–Trinajstić information content (AvgIpc) is 3.08. The monoisotopic (exact) mass is 420 g/mol. The number of nitrogens with one attached hydrogen (secondary N) is 1. The zero-order valence-electron chi connectivity index (χ0n) is 17.7. The van der Waals surface area contributed by atoms with Gasteiger partial charge >= 0.3 is 0 Å². The second-order valence-corrected chi connectivity index (χ2v) is 9.59. The summed E-state index contributed by atoms with van der Waals surface area (Å²) in [6.07, 6.45) is 0. The molecule has 0 bridgehead atoms. The maximum Gasteiger partial charge on any atom is 0.243 e. The van der Waals surface area contributed by atoms with Crippen molar-refractivity contribution >= 4 is 10.0 Å². The second kappa shape index (κ2) is 8.34. The highest BCUT2D eigenvalue weighted by Gasteiger charge is 2.29. The Bertz CT molecular complexity index is 1090. The van der Waals surface area contributed by atoms with Gasteiger partial charge < -0.3 is 0 Å². The van der Waals surface area contributed by atoms with Gasteiger partial charge in [0.25, 0.3) is 0 Å². The SMILES string of the molecule is CCN(CC)S(=O)(=O)c1ccc([C@H](C)NC2c3ccccc3-c3ccccc32)cc1. The molecule has 3 aromatic carbocycles. The molecule has 0 saturated carbocycles. The normalized spacial score (nSPS) is 14.5. The van der Waals surface area contributed by atoms with E-state index >= 15 is 0 Å². The number of fused-ring (bicyclic) bond motifs is 3. The minimum absolute atomic E-state index is 0.0689. The molecule has 30 heavy (non-hydrogen) atoms. The van der Waals surface area contributed by atoms with E-state index in [9.17, 15) is 8.42 Å². The van der Waals surface area contributed by atoms with Crippen molar-refractivity contribution in [2.45, 2.75) is 37.8 Å². The lowest BCUT2D eigenvalue weighted by molar-refractivity contribution is 0.445. The van der Waals surface area contributed by atoms with Crippen LogP contribution in [0.3, 0.4) is 0 Å². The first-order chi connectivity index (χ1) is 14.5. The molecule has 0 unspecified atom stereocenters. The molecule has 1 aliphatic rings. The average molecular weight is 421 g/mol. The molecule has 0 saturated heterocycles. The summed E-state index contributed by atoms with van der Waals surface area (Å²) < 4.78 is 27.0. The van der Waals surface area contributed by atoms with Crippen molar-refractivity contribution in [2.75, 3.05) is 13.1 Å². The van der Waals surface area contributed by atoms with Crippen LogP contribution in [0.15, 0.2) is 77.7 Å². The molecule has 0 fully saturated rings. The second-order valence-electron chi connectivity index (χ2n) is 7.65. The Morgan fingerprint density at radius 2 is 1.33 bits per heavy atom. The van der Waals surface area contributed by atoms with Gasteiger partial charge in [-0.1, -0.05) is 74.5 Å². The highest BCUT2D eigenvalue weighted by Crippen LogP contribution is 2.44. The van der Waals surface area contributed by atoms with Crippen molar-refractivity contribution in [3.63, 3.8) is 0 Å². The summed E-state index contributed by atoms with van der Waals surface area (Å²) >= 11 is 0. The van der Waals surface area contributed by atoms with Crippen molar-refractivity contribution in [1.82, 2.24) is 9.62 Å². The lowest BCUT2D eigenvalue weighted by atomic mass is 10.0. The molecule has 4 rings (SSSR count). The molecule has 5 heteroatoms. The molecule has 0 spiro atoms. The van der Waals surface area contributed by atoms with E-state index in [2.05, 4.69) is 60.8 Å². The number of rotatable bonds is 7. The van der Waals surface area contributed by atoms with Crippen molar-refractivity contribution in [2.24, 2.45) is 0 Å². The van der Waals surface area contributed by atoms with Crippen molar-refractivity contribution < 1.29 is 8.42 Å². The van der Waals surface area contributed by atoms with Gasteiger partial charge in [-0.2, -0.15) is 4.31 Å². The van der Waals surface area contributed by atoms with E-state index < -0.39 is 10.0 Å². The summed E-state index contributed by atoms with van der Waals surface area (Å²) in [5.74, 6) is 0. The van der Waals surface area contributed by atoms with Gasteiger partial charge in [-0.05, 0) is 46.9 Å². The Morgan fingerprint density at radius 3 is 1.83 bits per heavy atom. The van der Waals surface area contributed by atoms with Crippen molar-refractivity contribution in [1.29, 1.82) is 0 Å². The van der Waals surface area contributed by atoms with Crippen molar-refractivity contribution in [3.05, 3.63) is 89.5 Å². The summed E-state index contributed by atoms with van der Waals surface area (Å²) in [6, 6.07) is 24.5. The van der Waals surface area contributed by atoms with Crippen LogP contribution in [0.5, 0.6) is 0 Å². The molecule has 1 N–H and O–H groups in total. The van der Waals surface area contributed by atoms with E-state index in [0.717, 1.165) is 5.56 Å². The predicted octanol–water partition coefficient (Wildman–Crippen LogP) is 5.14. The standard InChI is InChI=1S/C25H28N2O2S/c1-4-27(5-2)30(28,29)20-16-14-19(15-17-20)18(3)26-25-23-12-8-6-10-21(23)22-11-7-9-13-24(22)25/h6-18,25-26H,4-5H2,1-3H3/t18-/m0/s1. The Balaban J connectivity index is 1.59. The summed E-state index contributed by atoms with van der Waals surface area (Å²) in [4.78, 5) is 0.346. The summed E-state index contributed by atoms with van der Waals surface area (Å²) in [5, 5.41) is 3.75. The molecule has 1 aliphatic carbocycles. The van der Waals surface area contributed by atoms with E-state index in [-0.39, 0.29) is 12.1 Å². The first-order valence-electron chi connectivity index (χ1n) is 10.5. The molecule has 3 aromatic rings. The highest BCUT2D eigenvalue weighted by atomic mass is 32.2. The largest absolute Gasteiger partial charge is 0.300 e. The fourth-order valence-electron chi connectivity index (χ4n) is 4.32. The van der Waals surface area contributed by atoms with E-state index in [1.54, 1.807) is 12.1 Å². The fraction of sp³-hybridized carbons (Fsp3) is 0.280. The third-order valence-corrected chi connectivity index (χ3v) is 8.04. The van der Waals surface area contributed by atoms with Crippen molar-refractivity contribution in [3.8, 4) is 11.1 Å². The molecule has 156 valence electrons. The summed E-state index contributed by atoms with van der Waals surface area (Å²) in [5.41, 5.74) is 6.19. The molecule has 0 aromatic heterocycles. The van der Waals surface area contributed by atoms with E-state index in [1.165, 1.54) is 26.6 Å². The topological polar surface area (TPSA) is 49.4 Å². The Hall–Kier alpha value is -2.47. The van der Waals surface area contributed by atoms with Gasteiger partial charge in [-0.15, -0.1) is 0 Å². The number of benzene rings is 3. The molecule has 0 amide bonds. The smallest absolute Gasteiger partial charge is 0.243 e. The molecular weight excluding hydrogens is 392 g/mol. The van der Waals surface area contributed by atoms with E-state index in [0.29, 0.717) is 18.0 Å². The quantitative estimate of drug-likeness (QED) is 0.576. The third-order valence-electron chi connectivity index (χ3n) is 5.97. The van der Waals surface area contributed by atoms with Gasteiger partial charge in [0.2, 0.25) is 10.0 Å². The van der Waals surface area contributed by atoms with E-state index in [4.69, 9.17) is 0 Å². The number of hydrogen-bond donors (Lipinski definition) is 1. The Morgan fingerprint density at radius 1 is 0.833 bits per heavy atom. The Kier molecular flexibility index (Phi) is 5.78. The van der Waals surface area contributed by atoms with Crippen LogP contribution in [-0.2, 0) is 10.0 Å². The first kappa shape index (κ1) is 20.8. The molecule has 4 nitrogen and oxygen atoms in total. The predicted molar refractivity (Wildman–Crippen MR) is 122 cm³/mol. The van der Waals surface area contributed by atoms with Crippen LogP contribution in [0, 0.1) is 0 Å². The zero-order chi connectivity index (χ0) is 21.3. The molecule has 0 radical (unpaired) electrons. The summed E-state index contributed by atoms with van der Waals surface area (Å²) in [7, 11) is -3.43. The van der Waals surface area contributed by atoms with Gasteiger partial charge in [0.05, 0.1) is 10.9 Å². The van der Waals surface area contributed by atoms with Crippen LogP contribution in [0.4, 0.5) is 0 Å². The number of hydrogen-bond acceptors (Lipinski definition) is 3. The summed E-state index contributed by atoms with van der Waals surface area (Å²) in [6.45, 7) is 6.78. The van der Waals surface area contributed by atoms with Gasteiger partial charge in [-0.3, -0.25) is 5.32 Å². The van der Waals surface area contributed by atoms with Gasteiger partial charge in [0.15, 0.2) is 0 Å². The molecular formula is C25H28N2O2S. The van der Waals surface area contributed by atoms with Gasteiger partial charge in [-0.25, -0.2) is 8.42 Å². The maximum atomic E-state index is 12.7. The Labute approximate surface area is 179 Å². The van der Waals surface area contributed by atoms with E-state index in [1.807, 2.05) is 26.0 Å². The third kappa shape index (κ3) is 3.58. The van der Waals surface area contributed by atoms with Crippen LogP contribution < -0.4 is 5.32 Å². The fourth-order valence-corrected chi connectivity index (χ4v) is 5.78. The van der Waals surface area contributed by atoms with Crippen LogP contribution in [0.1, 0.15) is 49.5 Å². The lowest BCUT2D eigenvalue weighted by Gasteiger charge is -2.23. The first-order valence-corrected chi connectivity index (χ1v) is 12.0. The lowest BCUT2D eigenvalue weighted by Crippen LogP contribution is -2.30. The molecule has 0 aliphatic heterocycles. The van der Waals surface area contributed by atoms with Crippen LogP contribution in [0.25, 0.3) is 11.1 Å². The zero-order valence-corrected chi connectivity index (χ0v) is 18.5.